The molecule has 0 saturated carbocycles. The van der Waals surface area contributed by atoms with Gasteiger partial charge in [-0.05, 0) is 31.0 Å². The second-order valence-corrected chi connectivity index (χ2v) is 3.20. The van der Waals surface area contributed by atoms with E-state index in [1.54, 1.807) is 14.2 Å². The molecule has 0 amide bonds. The number of benzene rings is 1. The number of hydrogen-bond donors (Lipinski definition) is 0. The van der Waals surface area contributed by atoms with Crippen molar-refractivity contribution in [1.29, 1.82) is 0 Å². The maximum atomic E-state index is 5.28. The molecule has 0 radical (unpaired) electrons. The van der Waals surface area contributed by atoms with Gasteiger partial charge in [0.05, 0.1) is 13.7 Å². The van der Waals surface area contributed by atoms with E-state index in [-0.39, 0.29) is 0 Å². The lowest BCUT2D eigenvalue weighted by molar-refractivity contribution is 0.181. The molecular weight excluding hydrogens is 164 g/mol. The average molecular weight is 180 g/mol. The first-order chi connectivity index (χ1) is 6.19. The predicted octanol–water partition coefficient (Wildman–Crippen LogP) is 2.46. The monoisotopic (exact) mass is 180 g/mol. The minimum absolute atomic E-state index is 0.606. The van der Waals surface area contributed by atoms with Crippen molar-refractivity contribution in [3.8, 4) is 5.75 Å². The van der Waals surface area contributed by atoms with Crippen LogP contribution in [0.3, 0.4) is 0 Å². The lowest BCUT2D eigenvalue weighted by Crippen LogP contribution is -1.97. The van der Waals surface area contributed by atoms with Gasteiger partial charge < -0.3 is 9.47 Å². The Labute approximate surface area is 79.5 Å². The van der Waals surface area contributed by atoms with Gasteiger partial charge in [-0.15, -0.1) is 0 Å². The quantitative estimate of drug-likeness (QED) is 0.711. The van der Waals surface area contributed by atoms with Crippen LogP contribution in [0.4, 0.5) is 0 Å². The van der Waals surface area contributed by atoms with E-state index in [0.29, 0.717) is 6.61 Å². The molecule has 1 rings (SSSR count). The van der Waals surface area contributed by atoms with Crippen LogP contribution in [0.25, 0.3) is 0 Å². The third kappa shape index (κ3) is 2.22. The van der Waals surface area contributed by atoms with Crippen LogP contribution in [0.1, 0.15) is 16.7 Å². The molecule has 0 unspecified atom stereocenters. The second kappa shape index (κ2) is 4.28. The molecule has 2 heteroatoms. The molecule has 0 N–H and O–H groups in total. The van der Waals surface area contributed by atoms with Crippen molar-refractivity contribution in [3.63, 3.8) is 0 Å². The van der Waals surface area contributed by atoms with E-state index in [9.17, 15) is 0 Å². The zero-order chi connectivity index (χ0) is 9.84. The van der Waals surface area contributed by atoms with E-state index in [4.69, 9.17) is 9.47 Å². The molecule has 0 spiro atoms. The van der Waals surface area contributed by atoms with Crippen molar-refractivity contribution < 1.29 is 9.47 Å². The highest BCUT2D eigenvalue weighted by molar-refractivity contribution is 5.42. The molecule has 1 aromatic carbocycles. The van der Waals surface area contributed by atoms with E-state index in [2.05, 4.69) is 19.9 Å². The third-order valence-electron chi connectivity index (χ3n) is 2.08. The normalized spacial score (nSPS) is 10.2. The molecule has 0 heterocycles. The van der Waals surface area contributed by atoms with Gasteiger partial charge >= 0.3 is 0 Å². The van der Waals surface area contributed by atoms with Crippen LogP contribution in [-0.2, 0) is 11.3 Å². The van der Waals surface area contributed by atoms with Crippen molar-refractivity contribution in [2.45, 2.75) is 20.5 Å². The maximum absolute atomic E-state index is 5.28. The summed E-state index contributed by atoms with van der Waals surface area (Å²) in [5.41, 5.74) is 3.57. The molecule has 0 aliphatic rings. The van der Waals surface area contributed by atoms with Crippen LogP contribution < -0.4 is 4.74 Å². The number of rotatable bonds is 3. The molecule has 0 atom stereocenters. The van der Waals surface area contributed by atoms with Gasteiger partial charge in [0, 0.05) is 12.7 Å². The van der Waals surface area contributed by atoms with Gasteiger partial charge in [0.15, 0.2) is 0 Å². The third-order valence-corrected chi connectivity index (χ3v) is 2.08. The molecule has 0 aliphatic heterocycles. The fraction of sp³-hybridized carbons (Fsp3) is 0.455. The van der Waals surface area contributed by atoms with E-state index >= 15 is 0 Å². The van der Waals surface area contributed by atoms with E-state index < -0.39 is 0 Å². The molecule has 13 heavy (non-hydrogen) atoms. The van der Waals surface area contributed by atoms with Gasteiger partial charge in [-0.1, -0.05) is 6.07 Å². The van der Waals surface area contributed by atoms with E-state index in [1.165, 1.54) is 11.1 Å². The van der Waals surface area contributed by atoms with E-state index in [1.807, 2.05) is 6.07 Å². The molecule has 2 nitrogen and oxygen atoms in total. The Bertz CT molecular complexity index is 292. The lowest BCUT2D eigenvalue weighted by Gasteiger charge is -2.11. The first kappa shape index (κ1) is 10.1. The van der Waals surface area contributed by atoms with Gasteiger partial charge in [0.25, 0.3) is 0 Å². The maximum Gasteiger partial charge on any atom is 0.124 e. The highest BCUT2D eigenvalue weighted by Gasteiger charge is 2.06. The minimum Gasteiger partial charge on any atom is -0.496 e. The molecule has 72 valence electrons. The summed E-state index contributed by atoms with van der Waals surface area (Å²) in [5.74, 6) is 0.916. The van der Waals surface area contributed by atoms with Gasteiger partial charge in [-0.25, -0.2) is 0 Å². The molecule has 1 aromatic rings. The molecule has 0 saturated heterocycles. The lowest BCUT2D eigenvalue weighted by atomic mass is 10.1. The largest absolute Gasteiger partial charge is 0.496 e. The average Bonchev–Trinajstić information content (AvgIpc) is 2.09. The second-order valence-electron chi connectivity index (χ2n) is 3.20. The smallest absolute Gasteiger partial charge is 0.124 e. The Hall–Kier alpha value is -1.02. The zero-order valence-electron chi connectivity index (χ0n) is 8.68. The zero-order valence-corrected chi connectivity index (χ0v) is 8.68. The minimum atomic E-state index is 0.606. The van der Waals surface area contributed by atoms with E-state index in [0.717, 1.165) is 11.3 Å². The predicted molar refractivity (Wildman–Crippen MR) is 53.2 cm³/mol. The summed E-state index contributed by atoms with van der Waals surface area (Å²) in [6.45, 7) is 4.74. The van der Waals surface area contributed by atoms with Gasteiger partial charge in [0.1, 0.15) is 5.75 Å². The fourth-order valence-electron chi connectivity index (χ4n) is 1.47. The number of aryl methyl sites for hydroxylation is 2. The van der Waals surface area contributed by atoms with Crippen molar-refractivity contribution in [2.24, 2.45) is 0 Å². The number of hydrogen-bond acceptors (Lipinski definition) is 2. The molecule has 0 bridgehead atoms. The van der Waals surface area contributed by atoms with Crippen molar-refractivity contribution in [3.05, 3.63) is 28.8 Å². The molecule has 0 aliphatic carbocycles. The molecular formula is C11H16O2. The van der Waals surface area contributed by atoms with Crippen molar-refractivity contribution in [1.82, 2.24) is 0 Å². The Morgan fingerprint density at radius 2 is 1.85 bits per heavy atom. The summed E-state index contributed by atoms with van der Waals surface area (Å²) >= 11 is 0. The standard InChI is InChI=1S/C11H16O2/c1-8-5-9(2)10(7-12-3)11(6-8)13-4/h5-6H,7H2,1-4H3. The molecule has 0 aromatic heterocycles. The summed E-state index contributed by atoms with van der Waals surface area (Å²) in [6.07, 6.45) is 0. The Morgan fingerprint density at radius 1 is 1.15 bits per heavy atom. The summed E-state index contributed by atoms with van der Waals surface area (Å²) in [5, 5.41) is 0. The van der Waals surface area contributed by atoms with Crippen LogP contribution in [-0.4, -0.2) is 14.2 Å². The Balaban J connectivity index is 3.13. The van der Waals surface area contributed by atoms with Gasteiger partial charge in [-0.3, -0.25) is 0 Å². The summed E-state index contributed by atoms with van der Waals surface area (Å²) in [4.78, 5) is 0. The number of methoxy groups -OCH3 is 2. The van der Waals surface area contributed by atoms with Crippen LogP contribution in [0.5, 0.6) is 5.75 Å². The van der Waals surface area contributed by atoms with Crippen molar-refractivity contribution >= 4 is 0 Å². The van der Waals surface area contributed by atoms with Crippen molar-refractivity contribution in [2.75, 3.05) is 14.2 Å². The Kier molecular flexibility index (Phi) is 3.32. The summed E-state index contributed by atoms with van der Waals surface area (Å²) in [7, 11) is 3.38. The van der Waals surface area contributed by atoms with Crippen LogP contribution in [0.2, 0.25) is 0 Å². The molecule has 0 fully saturated rings. The topological polar surface area (TPSA) is 18.5 Å². The first-order valence-electron chi connectivity index (χ1n) is 4.32. The summed E-state index contributed by atoms with van der Waals surface area (Å²) in [6, 6.07) is 4.16. The SMILES string of the molecule is COCc1c(C)cc(C)cc1OC. The highest BCUT2D eigenvalue weighted by Crippen LogP contribution is 2.24. The highest BCUT2D eigenvalue weighted by atomic mass is 16.5. The fourth-order valence-corrected chi connectivity index (χ4v) is 1.47. The van der Waals surface area contributed by atoms with Crippen LogP contribution in [0, 0.1) is 13.8 Å². The van der Waals surface area contributed by atoms with Crippen LogP contribution >= 0.6 is 0 Å². The Morgan fingerprint density at radius 3 is 2.38 bits per heavy atom. The van der Waals surface area contributed by atoms with Crippen LogP contribution in [0.15, 0.2) is 12.1 Å². The van der Waals surface area contributed by atoms with Gasteiger partial charge in [-0.2, -0.15) is 0 Å². The van der Waals surface area contributed by atoms with Gasteiger partial charge in [0.2, 0.25) is 0 Å². The summed E-state index contributed by atoms with van der Waals surface area (Å²) < 4.78 is 10.4. The number of ether oxygens (including phenoxy) is 2. The first-order valence-corrected chi connectivity index (χ1v) is 4.32.